The van der Waals surface area contributed by atoms with Crippen molar-refractivity contribution in [2.45, 2.75) is 11.8 Å². The molecule has 2 aromatic carbocycles. The van der Waals surface area contributed by atoms with Gasteiger partial charge < -0.3 is 15.1 Å². The molecule has 1 N–H and O–H groups in total. The lowest BCUT2D eigenvalue weighted by molar-refractivity contribution is 0.390. The minimum Gasteiger partial charge on any atom is -0.368 e. The third kappa shape index (κ3) is 4.45. The van der Waals surface area contributed by atoms with Crippen LogP contribution in [0.15, 0.2) is 53.4 Å². The van der Waals surface area contributed by atoms with E-state index in [1.54, 1.807) is 18.2 Å². The highest BCUT2D eigenvalue weighted by atomic mass is 32.2. The van der Waals surface area contributed by atoms with Crippen molar-refractivity contribution >= 4 is 38.7 Å². The van der Waals surface area contributed by atoms with E-state index in [1.807, 2.05) is 6.07 Å². The molecular weight excluding hydrogens is 392 g/mol. The van der Waals surface area contributed by atoms with Crippen molar-refractivity contribution in [1.82, 2.24) is 9.21 Å². The van der Waals surface area contributed by atoms with Gasteiger partial charge in [0.25, 0.3) is 0 Å². The summed E-state index contributed by atoms with van der Waals surface area (Å²) in [4.78, 5) is 4.74. The zero-order chi connectivity index (χ0) is 20.3. The van der Waals surface area contributed by atoms with Gasteiger partial charge in [0, 0.05) is 51.6 Å². The second-order valence-electron chi connectivity index (χ2n) is 7.01. The van der Waals surface area contributed by atoms with Gasteiger partial charge in [0.05, 0.1) is 4.90 Å². The van der Waals surface area contributed by atoms with Gasteiger partial charge in [-0.1, -0.05) is 24.3 Å². The van der Waals surface area contributed by atoms with E-state index in [-0.39, 0.29) is 4.90 Å². The largest absolute Gasteiger partial charge is 0.368 e. The summed E-state index contributed by atoms with van der Waals surface area (Å²) in [5.41, 5.74) is 3.22. The first-order valence-electron chi connectivity index (χ1n) is 9.18. The fraction of sp³-hybridized carbons (Fsp3) is 0.350. The molecule has 8 heteroatoms. The van der Waals surface area contributed by atoms with Crippen LogP contribution in [0.25, 0.3) is 0 Å². The molecule has 6 nitrogen and oxygen atoms in total. The maximum atomic E-state index is 12.3. The summed E-state index contributed by atoms with van der Waals surface area (Å²) in [6, 6.07) is 15.1. The number of hydrogen-bond acceptors (Lipinski definition) is 4. The predicted molar refractivity (Wildman–Crippen MR) is 119 cm³/mol. The fourth-order valence-electron chi connectivity index (χ4n) is 3.22. The summed E-state index contributed by atoms with van der Waals surface area (Å²) in [5, 5.41) is 3.80. The second-order valence-corrected chi connectivity index (χ2v) is 9.54. The Morgan fingerprint density at radius 2 is 1.71 bits per heavy atom. The third-order valence-electron chi connectivity index (χ3n) is 4.89. The lowest BCUT2D eigenvalue weighted by Gasteiger charge is -2.38. The van der Waals surface area contributed by atoms with Crippen molar-refractivity contribution in [1.29, 1.82) is 0 Å². The Morgan fingerprint density at radius 1 is 1.04 bits per heavy atom. The summed E-state index contributed by atoms with van der Waals surface area (Å²) in [7, 11) is -0.429. The fourth-order valence-corrected chi connectivity index (χ4v) is 4.46. The molecule has 3 rings (SSSR count). The molecule has 0 saturated carbocycles. The van der Waals surface area contributed by atoms with Crippen LogP contribution in [0, 0.1) is 6.92 Å². The van der Waals surface area contributed by atoms with E-state index in [0.717, 1.165) is 26.2 Å². The van der Waals surface area contributed by atoms with Crippen LogP contribution in [0.1, 0.15) is 5.56 Å². The number of anilines is 2. The molecule has 1 aliphatic heterocycles. The van der Waals surface area contributed by atoms with E-state index in [4.69, 9.17) is 12.2 Å². The Morgan fingerprint density at radius 3 is 2.36 bits per heavy atom. The average Bonchev–Trinajstić information content (AvgIpc) is 2.68. The molecule has 2 aromatic rings. The molecule has 0 bridgehead atoms. The zero-order valence-corrected chi connectivity index (χ0v) is 18.1. The van der Waals surface area contributed by atoms with Gasteiger partial charge in [-0.2, -0.15) is 0 Å². The van der Waals surface area contributed by atoms with E-state index < -0.39 is 10.0 Å². The zero-order valence-electron chi connectivity index (χ0n) is 16.4. The molecule has 1 heterocycles. The van der Waals surface area contributed by atoms with E-state index >= 15 is 0 Å². The number of sulfonamides is 1. The Balaban J connectivity index is 1.63. The number of para-hydroxylation sites is 1. The van der Waals surface area contributed by atoms with Crippen molar-refractivity contribution in [3.63, 3.8) is 0 Å². The van der Waals surface area contributed by atoms with Crippen LogP contribution in [0.3, 0.4) is 0 Å². The molecule has 0 aliphatic carbocycles. The number of thiocarbonyl (C=S) groups is 1. The number of rotatable bonds is 4. The highest BCUT2D eigenvalue weighted by Crippen LogP contribution is 2.22. The van der Waals surface area contributed by atoms with Crippen LogP contribution in [-0.2, 0) is 10.0 Å². The van der Waals surface area contributed by atoms with E-state index in [2.05, 4.69) is 46.3 Å². The van der Waals surface area contributed by atoms with Crippen LogP contribution < -0.4 is 10.2 Å². The number of piperazine rings is 1. The second kappa shape index (κ2) is 8.46. The highest BCUT2D eigenvalue weighted by molar-refractivity contribution is 7.89. The molecule has 0 spiro atoms. The quantitative estimate of drug-likeness (QED) is 0.771. The van der Waals surface area contributed by atoms with Gasteiger partial charge in [-0.25, -0.2) is 12.7 Å². The molecule has 1 fully saturated rings. The number of nitrogens with one attached hydrogen (secondary N) is 1. The van der Waals surface area contributed by atoms with Crippen LogP contribution >= 0.6 is 12.2 Å². The van der Waals surface area contributed by atoms with Gasteiger partial charge >= 0.3 is 0 Å². The summed E-state index contributed by atoms with van der Waals surface area (Å²) in [6.07, 6.45) is 0. The molecule has 150 valence electrons. The molecule has 1 aliphatic rings. The van der Waals surface area contributed by atoms with Gasteiger partial charge in [0.1, 0.15) is 0 Å². The van der Waals surface area contributed by atoms with E-state index in [9.17, 15) is 8.42 Å². The van der Waals surface area contributed by atoms with Gasteiger partial charge in [0.15, 0.2) is 5.11 Å². The van der Waals surface area contributed by atoms with Crippen molar-refractivity contribution < 1.29 is 8.42 Å². The maximum absolute atomic E-state index is 12.3. The first-order valence-corrected chi connectivity index (χ1v) is 11.0. The third-order valence-corrected chi connectivity index (χ3v) is 7.06. The highest BCUT2D eigenvalue weighted by Gasteiger charge is 2.21. The topological polar surface area (TPSA) is 55.9 Å². The molecule has 0 amide bonds. The summed E-state index contributed by atoms with van der Waals surface area (Å²) in [5.74, 6) is 0. The Labute approximate surface area is 172 Å². The Hall–Kier alpha value is -2.16. The lowest BCUT2D eigenvalue weighted by atomic mass is 10.1. The van der Waals surface area contributed by atoms with E-state index in [1.165, 1.54) is 29.7 Å². The lowest BCUT2D eigenvalue weighted by Crippen LogP contribution is -2.50. The van der Waals surface area contributed by atoms with Crippen molar-refractivity contribution in [2.24, 2.45) is 0 Å². The van der Waals surface area contributed by atoms with Crippen molar-refractivity contribution in [3.05, 3.63) is 54.1 Å². The van der Waals surface area contributed by atoms with Crippen LogP contribution in [0.2, 0.25) is 0 Å². The number of hydrogen-bond donors (Lipinski definition) is 1. The van der Waals surface area contributed by atoms with Crippen LogP contribution in [0.4, 0.5) is 11.4 Å². The molecule has 28 heavy (non-hydrogen) atoms. The van der Waals surface area contributed by atoms with Crippen LogP contribution in [0.5, 0.6) is 0 Å². The van der Waals surface area contributed by atoms with Gasteiger partial charge in [-0.05, 0) is 49.0 Å². The van der Waals surface area contributed by atoms with Gasteiger partial charge in [-0.3, -0.25) is 0 Å². The molecular formula is C20H26N4O2S2. The van der Waals surface area contributed by atoms with Crippen molar-refractivity contribution in [3.8, 4) is 0 Å². The summed E-state index contributed by atoms with van der Waals surface area (Å²) in [6.45, 7) is 5.54. The molecule has 0 unspecified atom stereocenters. The maximum Gasteiger partial charge on any atom is 0.242 e. The SMILES string of the molecule is Cc1ccccc1N1CCN(C(=S)Nc2cccc(S(=O)(=O)N(C)C)c2)CC1. The molecule has 0 radical (unpaired) electrons. The van der Waals surface area contributed by atoms with Gasteiger partial charge in [0.2, 0.25) is 10.0 Å². The summed E-state index contributed by atoms with van der Waals surface area (Å²) >= 11 is 5.56. The number of aryl methyl sites for hydroxylation is 1. The van der Waals surface area contributed by atoms with Crippen LogP contribution in [-0.4, -0.2) is 63.0 Å². The predicted octanol–water partition coefficient (Wildman–Crippen LogP) is 2.76. The average molecular weight is 419 g/mol. The normalized spacial score (nSPS) is 15.0. The standard InChI is InChI=1S/C20H26N4O2S2/c1-16-7-4-5-10-19(16)23-11-13-24(14-12-23)20(27)21-17-8-6-9-18(15-17)28(25,26)22(2)3/h4-10,15H,11-14H2,1-3H3,(H,21,27). The summed E-state index contributed by atoms with van der Waals surface area (Å²) < 4.78 is 25.8. The minimum absolute atomic E-state index is 0.245. The monoisotopic (exact) mass is 418 g/mol. The number of benzene rings is 2. The van der Waals surface area contributed by atoms with Gasteiger partial charge in [-0.15, -0.1) is 0 Å². The smallest absolute Gasteiger partial charge is 0.242 e. The number of nitrogens with zero attached hydrogens (tertiary/aromatic N) is 3. The van der Waals surface area contributed by atoms with Crippen molar-refractivity contribution in [2.75, 3.05) is 50.5 Å². The molecule has 1 saturated heterocycles. The first kappa shape index (κ1) is 20.6. The minimum atomic E-state index is -3.47. The Kier molecular flexibility index (Phi) is 6.22. The molecule has 0 atom stereocenters. The first-order chi connectivity index (χ1) is 13.3. The Bertz CT molecular complexity index is 952. The molecule has 0 aromatic heterocycles. The van der Waals surface area contributed by atoms with E-state index in [0.29, 0.717) is 10.8 Å².